The number of amides is 2. The molecule has 1 saturated heterocycles. The molecular formula is C18H13ClN2O6S. The zero-order chi connectivity index (χ0) is 20.1. The Hall–Kier alpha value is -2.91. The molecule has 8 nitrogen and oxygen atoms in total. The predicted molar refractivity (Wildman–Crippen MR) is 99.6 cm³/mol. The lowest BCUT2D eigenvalue weighted by molar-refractivity contribution is -0.0584. The second kappa shape index (κ2) is 6.61. The van der Waals surface area contributed by atoms with Gasteiger partial charge < -0.3 is 4.84 Å². The topological polar surface area (TPSA) is 101 Å². The van der Waals surface area contributed by atoms with Crippen LogP contribution < -0.4 is 4.31 Å². The third-order valence-corrected chi connectivity index (χ3v) is 6.67. The first kappa shape index (κ1) is 18.5. The van der Waals surface area contributed by atoms with Crippen molar-refractivity contribution in [1.29, 1.82) is 0 Å². The molecule has 10 heteroatoms. The van der Waals surface area contributed by atoms with Crippen LogP contribution in [0.3, 0.4) is 0 Å². The smallest absolute Gasteiger partial charge is 0.324 e. The molecule has 144 valence electrons. The maximum Gasteiger partial charge on any atom is 0.365 e. The van der Waals surface area contributed by atoms with Gasteiger partial charge in [-0.3, -0.25) is 13.9 Å². The van der Waals surface area contributed by atoms with E-state index in [1.165, 1.54) is 34.6 Å². The van der Waals surface area contributed by atoms with Gasteiger partial charge in [0.05, 0.1) is 33.2 Å². The molecule has 0 atom stereocenters. The maximum absolute atomic E-state index is 12.4. The molecular weight excluding hydrogens is 408 g/mol. The number of halogens is 1. The largest absolute Gasteiger partial charge is 0.365 e. The zero-order valence-corrected chi connectivity index (χ0v) is 15.9. The summed E-state index contributed by atoms with van der Waals surface area (Å²) in [7, 11) is -3.39. The van der Waals surface area contributed by atoms with Crippen molar-refractivity contribution < 1.29 is 27.6 Å². The lowest BCUT2D eigenvalue weighted by Gasteiger charge is -2.18. The Morgan fingerprint density at radius 3 is 2.21 bits per heavy atom. The van der Waals surface area contributed by atoms with E-state index in [2.05, 4.69) is 0 Å². The van der Waals surface area contributed by atoms with Gasteiger partial charge in [-0.1, -0.05) is 28.8 Å². The van der Waals surface area contributed by atoms with Crippen LogP contribution in [0.1, 0.15) is 37.5 Å². The number of hydrogen-bond acceptors (Lipinski definition) is 6. The monoisotopic (exact) mass is 420 g/mol. The maximum atomic E-state index is 12.4. The summed E-state index contributed by atoms with van der Waals surface area (Å²) in [4.78, 5) is 42.0. The number of rotatable bonds is 3. The molecule has 0 saturated carbocycles. The van der Waals surface area contributed by atoms with Crippen LogP contribution in [-0.4, -0.2) is 43.6 Å². The van der Waals surface area contributed by atoms with Crippen LogP contribution in [0.2, 0.25) is 5.02 Å². The highest BCUT2D eigenvalue weighted by Crippen LogP contribution is 2.30. The van der Waals surface area contributed by atoms with E-state index in [0.717, 1.165) is 0 Å². The van der Waals surface area contributed by atoms with Gasteiger partial charge in [0, 0.05) is 6.54 Å². The Kier molecular flexibility index (Phi) is 4.35. The summed E-state index contributed by atoms with van der Waals surface area (Å²) >= 11 is 6.13. The van der Waals surface area contributed by atoms with Gasteiger partial charge in [-0.25, -0.2) is 13.2 Å². The van der Waals surface area contributed by atoms with E-state index in [9.17, 15) is 22.8 Å². The fourth-order valence-electron chi connectivity index (χ4n) is 3.14. The number of carbonyl (C=O) groups is 3. The molecule has 0 bridgehead atoms. The van der Waals surface area contributed by atoms with Crippen molar-refractivity contribution in [3.8, 4) is 0 Å². The number of imide groups is 1. The van der Waals surface area contributed by atoms with Crippen LogP contribution in [-0.2, 0) is 14.9 Å². The van der Waals surface area contributed by atoms with Crippen molar-refractivity contribution in [3.05, 3.63) is 64.2 Å². The first-order valence-electron chi connectivity index (χ1n) is 8.30. The molecule has 0 N–H and O–H groups in total. The Labute approximate surface area is 165 Å². The summed E-state index contributed by atoms with van der Waals surface area (Å²) in [6.45, 7) is 0.331. The molecule has 0 aromatic heterocycles. The minimum atomic E-state index is -3.39. The number of carbonyl (C=O) groups excluding carboxylic acids is 3. The molecule has 2 amide bonds. The molecule has 0 radical (unpaired) electrons. The average molecular weight is 421 g/mol. The van der Waals surface area contributed by atoms with Crippen LogP contribution in [0.4, 0.5) is 5.69 Å². The number of nitrogens with zero attached hydrogens (tertiary/aromatic N) is 2. The first-order chi connectivity index (χ1) is 13.3. The van der Waals surface area contributed by atoms with E-state index in [1.807, 2.05) is 0 Å². The van der Waals surface area contributed by atoms with Crippen molar-refractivity contribution in [2.24, 2.45) is 0 Å². The lowest BCUT2D eigenvalue weighted by atomic mass is 10.1. The fraction of sp³-hybridized carbons (Fsp3) is 0.167. The first-order valence-corrected chi connectivity index (χ1v) is 10.3. The Morgan fingerprint density at radius 1 is 1.04 bits per heavy atom. The molecule has 2 aromatic rings. The van der Waals surface area contributed by atoms with E-state index in [0.29, 0.717) is 23.7 Å². The van der Waals surface area contributed by atoms with Crippen molar-refractivity contribution in [3.63, 3.8) is 0 Å². The summed E-state index contributed by atoms with van der Waals surface area (Å²) in [5, 5.41) is 0.337. The molecule has 2 aliphatic heterocycles. The quantitative estimate of drug-likeness (QED) is 0.706. The van der Waals surface area contributed by atoms with Crippen molar-refractivity contribution in [2.75, 3.05) is 16.6 Å². The van der Waals surface area contributed by atoms with Crippen LogP contribution in [0.15, 0.2) is 42.5 Å². The number of fused-ring (bicyclic) bond motifs is 1. The van der Waals surface area contributed by atoms with Crippen LogP contribution in [0.5, 0.6) is 0 Å². The average Bonchev–Trinajstić information content (AvgIpc) is 3.13. The summed E-state index contributed by atoms with van der Waals surface area (Å²) in [6.07, 6.45) is 0.503. The fourth-order valence-corrected chi connectivity index (χ4v) is 4.94. The molecule has 0 spiro atoms. The van der Waals surface area contributed by atoms with Crippen molar-refractivity contribution in [1.82, 2.24) is 5.06 Å². The highest BCUT2D eigenvalue weighted by atomic mass is 35.5. The van der Waals surface area contributed by atoms with Gasteiger partial charge in [0.15, 0.2) is 0 Å². The van der Waals surface area contributed by atoms with E-state index < -0.39 is 27.8 Å². The van der Waals surface area contributed by atoms with Gasteiger partial charge in [-0.15, -0.1) is 0 Å². The van der Waals surface area contributed by atoms with E-state index in [1.54, 1.807) is 12.1 Å². The number of anilines is 1. The van der Waals surface area contributed by atoms with E-state index in [4.69, 9.17) is 16.4 Å². The van der Waals surface area contributed by atoms with Crippen molar-refractivity contribution in [2.45, 2.75) is 6.42 Å². The molecule has 4 rings (SSSR count). The highest BCUT2D eigenvalue weighted by molar-refractivity contribution is 7.93. The number of hydroxylamine groups is 2. The number of sulfonamides is 1. The van der Waals surface area contributed by atoms with E-state index in [-0.39, 0.29) is 27.5 Å². The van der Waals surface area contributed by atoms with Gasteiger partial charge in [-0.2, -0.15) is 0 Å². The molecule has 28 heavy (non-hydrogen) atoms. The minimum absolute atomic E-state index is 0.0498. The summed E-state index contributed by atoms with van der Waals surface area (Å²) < 4.78 is 25.2. The SMILES string of the molecule is O=C(ON1C(=O)c2ccccc2C1=O)c1ccc(N2CCCS2(=O)=O)cc1Cl. The van der Waals surface area contributed by atoms with Crippen LogP contribution in [0, 0.1) is 0 Å². The molecule has 2 heterocycles. The molecule has 0 unspecified atom stereocenters. The van der Waals surface area contributed by atoms with Gasteiger partial charge in [-0.05, 0) is 36.8 Å². The normalized spacial score (nSPS) is 17.8. The minimum Gasteiger partial charge on any atom is -0.324 e. The standard InChI is InChI=1S/C18H13ClN2O6S/c19-15-10-11(20-8-3-9-28(20,25)26)6-7-14(15)18(24)27-21-16(22)12-4-1-2-5-13(12)17(21)23/h1-2,4-7,10H,3,8-9H2. The van der Waals surface area contributed by atoms with Gasteiger partial charge in [0.2, 0.25) is 10.0 Å². The lowest BCUT2D eigenvalue weighted by Crippen LogP contribution is -2.32. The zero-order valence-electron chi connectivity index (χ0n) is 14.3. The molecule has 2 aliphatic rings. The third-order valence-electron chi connectivity index (χ3n) is 4.49. The van der Waals surface area contributed by atoms with E-state index >= 15 is 0 Å². The summed E-state index contributed by atoms with van der Waals surface area (Å²) in [6, 6.07) is 10.2. The Morgan fingerprint density at radius 2 is 1.68 bits per heavy atom. The van der Waals surface area contributed by atoms with Crippen molar-refractivity contribution >= 4 is 45.1 Å². The second-order valence-electron chi connectivity index (χ2n) is 6.23. The van der Waals surface area contributed by atoms with Gasteiger partial charge in [0.25, 0.3) is 11.8 Å². The number of benzene rings is 2. The Balaban J connectivity index is 1.57. The molecule has 1 fully saturated rings. The summed E-state index contributed by atoms with van der Waals surface area (Å²) in [5.74, 6) is -2.45. The third kappa shape index (κ3) is 2.92. The second-order valence-corrected chi connectivity index (χ2v) is 8.65. The van der Waals surface area contributed by atoms with Gasteiger partial charge >= 0.3 is 5.97 Å². The highest BCUT2D eigenvalue weighted by Gasteiger charge is 2.39. The molecule has 2 aromatic carbocycles. The van der Waals surface area contributed by atoms with Crippen LogP contribution in [0.25, 0.3) is 0 Å². The summed E-state index contributed by atoms with van der Waals surface area (Å²) in [5.41, 5.74) is 0.514. The Bertz CT molecular complexity index is 1100. The van der Waals surface area contributed by atoms with Crippen LogP contribution >= 0.6 is 11.6 Å². The molecule has 0 aliphatic carbocycles. The number of hydrogen-bond donors (Lipinski definition) is 0. The predicted octanol–water partition coefficient (Wildman–Crippen LogP) is 2.25. The van der Waals surface area contributed by atoms with Gasteiger partial charge in [0.1, 0.15) is 0 Å².